The molecule has 2 aromatic heterocycles. The van der Waals surface area contributed by atoms with E-state index in [0.29, 0.717) is 10.7 Å². The number of halogens is 1. The van der Waals surface area contributed by atoms with E-state index in [1.807, 2.05) is 24.3 Å². The standard InChI is InChI=1S/C16H12ClN5O2/c1-24-12-4-2-10(3-5-12)13-6-7-18-16(21-13)22-15(23)14-19-8-11(17)9-20-14/h2-9H,1H3,(H,18,21,22,23). The van der Waals surface area contributed by atoms with Gasteiger partial charge in [-0.25, -0.2) is 19.9 Å². The molecule has 0 radical (unpaired) electrons. The molecule has 0 bridgehead atoms. The second-order valence-electron chi connectivity index (χ2n) is 4.67. The van der Waals surface area contributed by atoms with Gasteiger partial charge in [0.15, 0.2) is 0 Å². The fraction of sp³-hybridized carbons (Fsp3) is 0.0625. The lowest BCUT2D eigenvalue weighted by molar-refractivity contribution is 0.101. The molecule has 3 aromatic rings. The van der Waals surface area contributed by atoms with Crippen LogP contribution in [0.5, 0.6) is 5.75 Å². The third-order valence-electron chi connectivity index (χ3n) is 3.09. The third-order valence-corrected chi connectivity index (χ3v) is 3.29. The Balaban J connectivity index is 1.79. The fourth-order valence-electron chi connectivity index (χ4n) is 1.93. The molecule has 1 N–H and O–H groups in total. The minimum atomic E-state index is -0.515. The van der Waals surface area contributed by atoms with Crippen LogP contribution in [-0.2, 0) is 0 Å². The highest BCUT2D eigenvalue weighted by Gasteiger charge is 2.11. The molecule has 0 aliphatic heterocycles. The SMILES string of the molecule is COc1ccc(-c2ccnc(NC(=O)c3ncc(Cl)cn3)n2)cc1. The third kappa shape index (κ3) is 3.64. The number of benzene rings is 1. The summed E-state index contributed by atoms with van der Waals surface area (Å²) in [6.07, 6.45) is 4.25. The largest absolute Gasteiger partial charge is 0.497 e. The van der Waals surface area contributed by atoms with Gasteiger partial charge in [-0.15, -0.1) is 0 Å². The summed E-state index contributed by atoms with van der Waals surface area (Å²) in [5.41, 5.74) is 1.54. The van der Waals surface area contributed by atoms with Gasteiger partial charge in [-0.2, -0.15) is 0 Å². The minimum absolute atomic E-state index is 0.0159. The number of methoxy groups -OCH3 is 1. The van der Waals surface area contributed by atoms with Crippen molar-refractivity contribution in [1.29, 1.82) is 0 Å². The van der Waals surface area contributed by atoms with Gasteiger partial charge >= 0.3 is 0 Å². The Morgan fingerprint density at radius 2 is 1.79 bits per heavy atom. The van der Waals surface area contributed by atoms with Gasteiger partial charge in [0.25, 0.3) is 5.91 Å². The monoisotopic (exact) mass is 341 g/mol. The van der Waals surface area contributed by atoms with Gasteiger partial charge in [0.05, 0.1) is 17.8 Å². The van der Waals surface area contributed by atoms with Crippen molar-refractivity contribution in [2.45, 2.75) is 0 Å². The first-order valence-electron chi connectivity index (χ1n) is 6.92. The Morgan fingerprint density at radius 1 is 1.08 bits per heavy atom. The molecule has 0 unspecified atom stereocenters. The lowest BCUT2D eigenvalue weighted by Gasteiger charge is -2.06. The van der Waals surface area contributed by atoms with Crippen LogP contribution in [0.4, 0.5) is 5.95 Å². The van der Waals surface area contributed by atoms with E-state index in [-0.39, 0.29) is 11.8 Å². The molecule has 0 saturated heterocycles. The summed E-state index contributed by atoms with van der Waals surface area (Å²) in [6, 6.07) is 9.15. The number of carbonyl (C=O) groups is 1. The van der Waals surface area contributed by atoms with E-state index < -0.39 is 5.91 Å². The summed E-state index contributed by atoms with van der Waals surface area (Å²) in [4.78, 5) is 28.1. The number of aromatic nitrogens is 4. The van der Waals surface area contributed by atoms with Crippen molar-refractivity contribution in [3.63, 3.8) is 0 Å². The van der Waals surface area contributed by atoms with Crippen LogP contribution >= 0.6 is 11.6 Å². The number of anilines is 1. The molecular weight excluding hydrogens is 330 g/mol. The highest BCUT2D eigenvalue weighted by Crippen LogP contribution is 2.21. The highest BCUT2D eigenvalue weighted by molar-refractivity contribution is 6.30. The number of hydrogen-bond acceptors (Lipinski definition) is 6. The van der Waals surface area contributed by atoms with Crippen molar-refractivity contribution in [2.24, 2.45) is 0 Å². The van der Waals surface area contributed by atoms with E-state index in [1.165, 1.54) is 12.4 Å². The average molecular weight is 342 g/mol. The fourth-order valence-corrected chi connectivity index (χ4v) is 2.03. The number of carbonyl (C=O) groups excluding carboxylic acids is 1. The van der Waals surface area contributed by atoms with Gasteiger partial charge in [-0.05, 0) is 30.3 Å². The van der Waals surface area contributed by atoms with Crippen molar-refractivity contribution >= 4 is 23.5 Å². The molecule has 0 saturated carbocycles. The molecule has 3 rings (SSSR count). The first-order valence-corrected chi connectivity index (χ1v) is 7.30. The van der Waals surface area contributed by atoms with Crippen LogP contribution in [-0.4, -0.2) is 33.0 Å². The summed E-state index contributed by atoms with van der Waals surface area (Å²) in [5.74, 6) is 0.379. The summed E-state index contributed by atoms with van der Waals surface area (Å²) in [6.45, 7) is 0. The van der Waals surface area contributed by atoms with E-state index in [9.17, 15) is 4.79 Å². The van der Waals surface area contributed by atoms with E-state index in [4.69, 9.17) is 16.3 Å². The minimum Gasteiger partial charge on any atom is -0.497 e. The first-order chi connectivity index (χ1) is 11.7. The van der Waals surface area contributed by atoms with Gasteiger partial charge < -0.3 is 4.74 Å². The normalized spacial score (nSPS) is 10.2. The van der Waals surface area contributed by atoms with Gasteiger partial charge in [0.1, 0.15) is 5.75 Å². The maximum atomic E-state index is 12.1. The van der Waals surface area contributed by atoms with Gasteiger partial charge in [0.2, 0.25) is 11.8 Å². The predicted molar refractivity (Wildman–Crippen MR) is 89.0 cm³/mol. The number of amides is 1. The Kier molecular flexibility index (Phi) is 4.62. The van der Waals surface area contributed by atoms with Crippen LogP contribution in [0, 0.1) is 0 Å². The average Bonchev–Trinajstić information content (AvgIpc) is 2.62. The number of ether oxygens (including phenoxy) is 1. The Morgan fingerprint density at radius 3 is 2.46 bits per heavy atom. The molecule has 120 valence electrons. The molecule has 1 aromatic carbocycles. The molecule has 0 atom stereocenters. The lowest BCUT2D eigenvalue weighted by atomic mass is 10.1. The Labute approximate surface area is 142 Å². The summed E-state index contributed by atoms with van der Waals surface area (Å²) in [5, 5.41) is 2.91. The molecule has 0 aliphatic carbocycles. The van der Waals surface area contributed by atoms with Crippen LogP contribution in [0.15, 0.2) is 48.9 Å². The van der Waals surface area contributed by atoms with Gasteiger partial charge in [0, 0.05) is 24.2 Å². The molecule has 0 fully saturated rings. The summed E-state index contributed by atoms with van der Waals surface area (Å²) < 4.78 is 5.13. The van der Waals surface area contributed by atoms with Crippen LogP contribution in [0.25, 0.3) is 11.3 Å². The van der Waals surface area contributed by atoms with Gasteiger partial charge in [-0.3, -0.25) is 10.1 Å². The molecule has 7 nitrogen and oxygen atoms in total. The Hall–Kier alpha value is -3.06. The maximum absolute atomic E-state index is 12.1. The first kappa shape index (κ1) is 15.8. The lowest BCUT2D eigenvalue weighted by Crippen LogP contribution is -2.17. The zero-order valence-corrected chi connectivity index (χ0v) is 13.4. The van der Waals surface area contributed by atoms with Crippen molar-refractivity contribution in [2.75, 3.05) is 12.4 Å². The van der Waals surface area contributed by atoms with Crippen LogP contribution < -0.4 is 10.1 Å². The Bertz CT molecular complexity index is 853. The molecule has 24 heavy (non-hydrogen) atoms. The van der Waals surface area contributed by atoms with E-state index in [2.05, 4.69) is 25.3 Å². The van der Waals surface area contributed by atoms with Crippen LogP contribution in [0.3, 0.4) is 0 Å². The van der Waals surface area contributed by atoms with Crippen molar-refractivity contribution in [3.8, 4) is 17.0 Å². The quantitative estimate of drug-likeness (QED) is 0.784. The maximum Gasteiger partial charge on any atom is 0.295 e. The predicted octanol–water partition coefficient (Wildman–Crippen LogP) is 2.85. The summed E-state index contributed by atoms with van der Waals surface area (Å²) >= 11 is 5.70. The van der Waals surface area contributed by atoms with Crippen LogP contribution in [0.1, 0.15) is 10.6 Å². The van der Waals surface area contributed by atoms with Gasteiger partial charge in [-0.1, -0.05) is 11.6 Å². The zero-order valence-electron chi connectivity index (χ0n) is 12.6. The number of nitrogens with one attached hydrogen (secondary N) is 1. The molecular formula is C16H12ClN5O2. The molecule has 2 heterocycles. The smallest absolute Gasteiger partial charge is 0.295 e. The topological polar surface area (TPSA) is 89.9 Å². The van der Waals surface area contributed by atoms with E-state index in [0.717, 1.165) is 11.3 Å². The number of nitrogens with zero attached hydrogens (tertiary/aromatic N) is 4. The summed E-state index contributed by atoms with van der Waals surface area (Å²) in [7, 11) is 1.60. The highest BCUT2D eigenvalue weighted by atomic mass is 35.5. The molecule has 0 aliphatic rings. The number of hydrogen-bond donors (Lipinski definition) is 1. The number of rotatable bonds is 4. The molecule has 8 heteroatoms. The molecule has 1 amide bonds. The zero-order chi connectivity index (χ0) is 16.9. The van der Waals surface area contributed by atoms with E-state index in [1.54, 1.807) is 19.4 Å². The van der Waals surface area contributed by atoms with Crippen molar-refractivity contribution < 1.29 is 9.53 Å². The second kappa shape index (κ2) is 7.01. The second-order valence-corrected chi connectivity index (χ2v) is 5.11. The van der Waals surface area contributed by atoms with Crippen molar-refractivity contribution in [3.05, 3.63) is 59.8 Å². The molecule has 0 spiro atoms. The van der Waals surface area contributed by atoms with Crippen LogP contribution in [0.2, 0.25) is 5.02 Å². The van der Waals surface area contributed by atoms with E-state index >= 15 is 0 Å². The van der Waals surface area contributed by atoms with Crippen molar-refractivity contribution in [1.82, 2.24) is 19.9 Å².